The largest absolute Gasteiger partial charge is 0.416 e. The number of hydrogen-bond donors (Lipinski definition) is 0. The van der Waals surface area contributed by atoms with Crippen LogP contribution in [0, 0.1) is 11.6 Å². The third kappa shape index (κ3) is 2.44. The molecule has 0 atom stereocenters. The van der Waals surface area contributed by atoms with E-state index in [1.807, 2.05) is 13.8 Å². The summed E-state index contributed by atoms with van der Waals surface area (Å²) in [7, 11) is -0.509. The van der Waals surface area contributed by atoms with Crippen LogP contribution in [-0.2, 0) is 4.43 Å². The van der Waals surface area contributed by atoms with Crippen LogP contribution in [-0.4, -0.2) is 15.4 Å². The third-order valence-corrected chi connectivity index (χ3v) is 7.33. The first-order valence-electron chi connectivity index (χ1n) is 5.09. The average Bonchev–Trinajstić information content (AvgIpc) is 2.20. The summed E-state index contributed by atoms with van der Waals surface area (Å²) in [6, 6.07) is 5.33. The first-order chi connectivity index (χ1) is 7.07. The lowest BCUT2D eigenvalue weighted by Crippen LogP contribution is -2.49. The van der Waals surface area contributed by atoms with Gasteiger partial charge in [0.15, 0.2) is 0 Å². The van der Waals surface area contributed by atoms with Gasteiger partial charge >= 0.3 is 0 Å². The summed E-state index contributed by atoms with van der Waals surface area (Å²) < 4.78 is 31.7. The summed E-state index contributed by atoms with van der Waals surface area (Å²) in [5, 5.41) is 0.701. The molecule has 0 aliphatic heterocycles. The molecule has 0 saturated carbocycles. The Hall–Kier alpha value is -0.743. The summed E-state index contributed by atoms with van der Waals surface area (Å²) in [6.07, 6.45) is 0. The van der Waals surface area contributed by atoms with Crippen LogP contribution in [0.25, 0.3) is 0 Å². The Morgan fingerprint density at radius 3 is 1.87 bits per heavy atom. The Bertz CT molecular complexity index is 309. The first kappa shape index (κ1) is 12.3. The van der Waals surface area contributed by atoms with Crippen molar-refractivity contribution in [2.75, 3.05) is 7.11 Å². The summed E-state index contributed by atoms with van der Waals surface area (Å²) >= 11 is 0. The van der Waals surface area contributed by atoms with Crippen LogP contribution in [0.2, 0.25) is 12.1 Å². The van der Waals surface area contributed by atoms with E-state index in [0.717, 1.165) is 18.2 Å². The van der Waals surface area contributed by atoms with Crippen LogP contribution in [0.15, 0.2) is 18.2 Å². The Balaban J connectivity index is 3.22. The van der Waals surface area contributed by atoms with E-state index in [0.29, 0.717) is 5.19 Å². The molecule has 15 heavy (non-hydrogen) atoms. The fourth-order valence-corrected chi connectivity index (χ4v) is 4.81. The molecule has 0 heterocycles. The number of benzene rings is 1. The second kappa shape index (κ2) is 4.85. The second-order valence-corrected chi connectivity index (χ2v) is 7.95. The molecule has 1 rings (SSSR count). The minimum absolute atomic E-state index is 0.527. The van der Waals surface area contributed by atoms with Gasteiger partial charge in [0.1, 0.15) is 11.6 Å². The highest BCUT2D eigenvalue weighted by atomic mass is 28.4. The van der Waals surface area contributed by atoms with Crippen molar-refractivity contribution in [3.05, 3.63) is 29.8 Å². The normalized spacial score (nSPS) is 11.8. The van der Waals surface area contributed by atoms with E-state index in [2.05, 4.69) is 0 Å². The standard InChI is InChI=1S/C11H16F2OSi/c1-4-15(5-2,14-3)11-7-9(12)6-10(13)8-11/h6-8H,4-5H2,1-3H3. The molecular formula is C11H16F2OSi. The van der Waals surface area contributed by atoms with Crippen LogP contribution in [0.5, 0.6) is 0 Å². The van der Waals surface area contributed by atoms with E-state index in [1.165, 1.54) is 12.1 Å². The average molecular weight is 230 g/mol. The lowest BCUT2D eigenvalue weighted by Gasteiger charge is -2.27. The molecule has 0 aromatic heterocycles. The monoisotopic (exact) mass is 230 g/mol. The lowest BCUT2D eigenvalue weighted by molar-refractivity contribution is 0.404. The maximum atomic E-state index is 13.1. The van der Waals surface area contributed by atoms with Gasteiger partial charge in [-0.3, -0.25) is 0 Å². The Morgan fingerprint density at radius 2 is 1.53 bits per heavy atom. The van der Waals surface area contributed by atoms with Crippen LogP contribution in [0.3, 0.4) is 0 Å². The molecule has 1 aromatic carbocycles. The fourth-order valence-electron chi connectivity index (χ4n) is 1.88. The van der Waals surface area contributed by atoms with Gasteiger partial charge in [0.05, 0.1) is 0 Å². The minimum atomic E-state index is -2.14. The van der Waals surface area contributed by atoms with Crippen molar-refractivity contribution in [2.24, 2.45) is 0 Å². The Morgan fingerprint density at radius 1 is 1.07 bits per heavy atom. The summed E-state index contributed by atoms with van der Waals surface area (Å²) in [5.74, 6) is -1.05. The summed E-state index contributed by atoms with van der Waals surface area (Å²) in [6.45, 7) is 4.00. The molecule has 0 spiro atoms. The second-order valence-electron chi connectivity index (χ2n) is 3.56. The smallest absolute Gasteiger partial charge is 0.223 e. The molecular weight excluding hydrogens is 214 g/mol. The molecule has 0 amide bonds. The molecule has 0 aliphatic rings. The zero-order chi connectivity index (χ0) is 11.5. The van der Waals surface area contributed by atoms with E-state index in [1.54, 1.807) is 7.11 Å². The highest BCUT2D eigenvalue weighted by Crippen LogP contribution is 2.17. The van der Waals surface area contributed by atoms with E-state index < -0.39 is 20.0 Å². The summed E-state index contributed by atoms with van der Waals surface area (Å²) in [4.78, 5) is 0. The van der Waals surface area contributed by atoms with Gasteiger partial charge in [-0.25, -0.2) is 8.78 Å². The minimum Gasteiger partial charge on any atom is -0.416 e. The maximum absolute atomic E-state index is 13.1. The van der Waals surface area contributed by atoms with Crippen molar-refractivity contribution in [1.82, 2.24) is 0 Å². The molecule has 1 aromatic rings. The Kier molecular flexibility index (Phi) is 3.99. The van der Waals surface area contributed by atoms with Gasteiger partial charge in [0, 0.05) is 13.2 Å². The number of halogens is 2. The van der Waals surface area contributed by atoms with Gasteiger partial charge in [0.25, 0.3) is 0 Å². The molecule has 0 fully saturated rings. The lowest BCUT2D eigenvalue weighted by atomic mass is 10.3. The molecule has 1 nitrogen and oxygen atoms in total. The van der Waals surface area contributed by atoms with Gasteiger partial charge in [0.2, 0.25) is 8.32 Å². The fraction of sp³-hybridized carbons (Fsp3) is 0.455. The quantitative estimate of drug-likeness (QED) is 0.723. The van der Waals surface area contributed by atoms with Crippen LogP contribution in [0.1, 0.15) is 13.8 Å². The molecule has 0 bridgehead atoms. The van der Waals surface area contributed by atoms with Crippen LogP contribution in [0.4, 0.5) is 8.78 Å². The molecule has 0 aliphatic carbocycles. The predicted molar refractivity (Wildman–Crippen MR) is 59.7 cm³/mol. The zero-order valence-electron chi connectivity index (χ0n) is 9.31. The molecule has 0 radical (unpaired) electrons. The Labute approximate surface area is 90.2 Å². The van der Waals surface area contributed by atoms with E-state index >= 15 is 0 Å². The van der Waals surface area contributed by atoms with Crippen LogP contribution < -0.4 is 5.19 Å². The van der Waals surface area contributed by atoms with Crippen molar-refractivity contribution < 1.29 is 13.2 Å². The highest BCUT2D eigenvalue weighted by Gasteiger charge is 2.32. The van der Waals surface area contributed by atoms with Crippen molar-refractivity contribution in [1.29, 1.82) is 0 Å². The first-order valence-corrected chi connectivity index (χ1v) is 7.42. The van der Waals surface area contributed by atoms with E-state index in [4.69, 9.17) is 4.43 Å². The number of rotatable bonds is 4. The van der Waals surface area contributed by atoms with Gasteiger partial charge in [-0.1, -0.05) is 13.8 Å². The molecule has 4 heteroatoms. The van der Waals surface area contributed by atoms with Gasteiger partial charge in [-0.05, 0) is 29.4 Å². The van der Waals surface area contributed by atoms with Crippen molar-refractivity contribution in [3.63, 3.8) is 0 Å². The molecule has 0 unspecified atom stereocenters. The third-order valence-electron chi connectivity index (χ3n) is 2.92. The van der Waals surface area contributed by atoms with Gasteiger partial charge < -0.3 is 4.43 Å². The maximum Gasteiger partial charge on any atom is 0.223 e. The highest BCUT2D eigenvalue weighted by molar-refractivity contribution is 6.86. The summed E-state index contributed by atoms with van der Waals surface area (Å²) in [5.41, 5.74) is 0. The molecule has 84 valence electrons. The molecule has 0 N–H and O–H groups in total. The topological polar surface area (TPSA) is 9.23 Å². The molecule has 0 saturated heterocycles. The zero-order valence-corrected chi connectivity index (χ0v) is 10.3. The van der Waals surface area contributed by atoms with E-state index in [9.17, 15) is 8.78 Å². The van der Waals surface area contributed by atoms with Crippen molar-refractivity contribution in [2.45, 2.75) is 25.9 Å². The van der Waals surface area contributed by atoms with Crippen molar-refractivity contribution >= 4 is 13.5 Å². The SMILES string of the molecule is CC[Si](CC)(OC)c1cc(F)cc(F)c1. The van der Waals surface area contributed by atoms with E-state index in [-0.39, 0.29) is 0 Å². The number of hydrogen-bond acceptors (Lipinski definition) is 1. The van der Waals surface area contributed by atoms with Crippen LogP contribution >= 0.6 is 0 Å². The van der Waals surface area contributed by atoms with Gasteiger partial charge in [-0.15, -0.1) is 0 Å². The van der Waals surface area contributed by atoms with Crippen molar-refractivity contribution in [3.8, 4) is 0 Å². The predicted octanol–water partition coefficient (Wildman–Crippen LogP) is 2.80. The van der Waals surface area contributed by atoms with Gasteiger partial charge in [-0.2, -0.15) is 0 Å².